The van der Waals surface area contributed by atoms with Gasteiger partial charge >= 0.3 is 0 Å². The van der Waals surface area contributed by atoms with Crippen molar-refractivity contribution in [3.8, 4) is 6.07 Å². The molecule has 0 amide bonds. The molecule has 0 radical (unpaired) electrons. The average Bonchev–Trinajstić information content (AvgIpc) is 2.17. The first-order valence-corrected chi connectivity index (χ1v) is 3.76. The van der Waals surface area contributed by atoms with E-state index in [1.165, 1.54) is 0 Å². The number of aliphatic hydroxyl groups excluding tert-OH is 1. The lowest BCUT2D eigenvalue weighted by Gasteiger charge is -2.05. The first-order valence-electron chi connectivity index (χ1n) is 3.76. The highest BCUT2D eigenvalue weighted by Crippen LogP contribution is 2.11. The van der Waals surface area contributed by atoms with Crippen molar-refractivity contribution >= 4 is 0 Å². The maximum atomic E-state index is 8.83. The van der Waals surface area contributed by atoms with Crippen LogP contribution in [-0.2, 0) is 0 Å². The summed E-state index contributed by atoms with van der Waals surface area (Å²) >= 11 is 0. The molecule has 1 atom stereocenters. The Hall–Kier alpha value is -1.40. The molecule has 12 heavy (non-hydrogen) atoms. The van der Waals surface area contributed by atoms with Gasteiger partial charge in [0.25, 0.3) is 0 Å². The Morgan fingerprint density at radius 1 is 1.67 bits per heavy atom. The average molecular weight is 162 g/mol. The van der Waals surface area contributed by atoms with E-state index >= 15 is 0 Å². The summed E-state index contributed by atoms with van der Waals surface area (Å²) in [7, 11) is 0. The molecule has 1 aromatic heterocycles. The Kier molecular flexibility index (Phi) is 2.78. The van der Waals surface area contributed by atoms with Crippen molar-refractivity contribution in [3.63, 3.8) is 0 Å². The first-order chi connectivity index (χ1) is 5.77. The van der Waals surface area contributed by atoms with Crippen molar-refractivity contribution < 1.29 is 5.11 Å². The topological polar surface area (TPSA) is 56.9 Å². The molecule has 1 heterocycles. The van der Waals surface area contributed by atoms with Crippen LogP contribution in [0.1, 0.15) is 24.2 Å². The summed E-state index contributed by atoms with van der Waals surface area (Å²) in [5.74, 6) is -0.00157. The van der Waals surface area contributed by atoms with Crippen molar-refractivity contribution in [2.24, 2.45) is 0 Å². The lowest BCUT2D eigenvalue weighted by atomic mass is 10.1. The number of nitrogens with zero attached hydrogens (tertiary/aromatic N) is 2. The van der Waals surface area contributed by atoms with Gasteiger partial charge in [0.15, 0.2) is 0 Å². The normalized spacial score (nSPS) is 12.1. The minimum absolute atomic E-state index is 0.00157. The summed E-state index contributed by atoms with van der Waals surface area (Å²) in [4.78, 5) is 4.04. The fourth-order valence-electron chi connectivity index (χ4n) is 0.882. The highest BCUT2D eigenvalue weighted by molar-refractivity contribution is 5.23. The fourth-order valence-corrected chi connectivity index (χ4v) is 0.882. The predicted molar refractivity (Wildman–Crippen MR) is 44.5 cm³/mol. The van der Waals surface area contributed by atoms with Gasteiger partial charge < -0.3 is 5.11 Å². The molecule has 0 aromatic carbocycles. The van der Waals surface area contributed by atoms with Gasteiger partial charge in [-0.15, -0.1) is 0 Å². The number of rotatable bonds is 2. The van der Waals surface area contributed by atoms with Crippen LogP contribution in [0.15, 0.2) is 18.2 Å². The van der Waals surface area contributed by atoms with Gasteiger partial charge in [-0.25, -0.2) is 4.98 Å². The SMILES string of the molecule is C[C@H](CO)c1cccc(C#N)n1. The third-order valence-corrected chi connectivity index (χ3v) is 1.66. The van der Waals surface area contributed by atoms with Crippen molar-refractivity contribution in [2.75, 3.05) is 6.61 Å². The van der Waals surface area contributed by atoms with Crippen molar-refractivity contribution in [2.45, 2.75) is 12.8 Å². The van der Waals surface area contributed by atoms with Crippen LogP contribution in [0.2, 0.25) is 0 Å². The number of aliphatic hydroxyl groups is 1. The Balaban J connectivity index is 2.95. The predicted octanol–water partition coefficient (Wildman–Crippen LogP) is 1.05. The molecule has 0 aliphatic rings. The fraction of sp³-hybridized carbons (Fsp3) is 0.333. The first kappa shape index (κ1) is 8.69. The molecule has 0 spiro atoms. The summed E-state index contributed by atoms with van der Waals surface area (Å²) in [6.07, 6.45) is 0. The maximum absolute atomic E-state index is 8.83. The lowest BCUT2D eigenvalue weighted by molar-refractivity contribution is 0.271. The highest BCUT2D eigenvalue weighted by atomic mass is 16.3. The van der Waals surface area contributed by atoms with E-state index in [9.17, 15) is 0 Å². The van der Waals surface area contributed by atoms with Crippen LogP contribution >= 0.6 is 0 Å². The van der Waals surface area contributed by atoms with Gasteiger partial charge in [-0.3, -0.25) is 0 Å². The molecule has 1 N–H and O–H groups in total. The van der Waals surface area contributed by atoms with E-state index < -0.39 is 0 Å². The van der Waals surface area contributed by atoms with Gasteiger partial charge in [-0.05, 0) is 12.1 Å². The Morgan fingerprint density at radius 3 is 3.00 bits per heavy atom. The van der Waals surface area contributed by atoms with Crippen molar-refractivity contribution in [1.82, 2.24) is 4.98 Å². The molecule has 0 unspecified atom stereocenters. The van der Waals surface area contributed by atoms with Gasteiger partial charge in [0.1, 0.15) is 11.8 Å². The Bertz CT molecular complexity index is 304. The highest BCUT2D eigenvalue weighted by Gasteiger charge is 2.05. The standard InChI is InChI=1S/C9H10N2O/c1-7(6-12)9-4-2-3-8(5-10)11-9/h2-4,7,12H,6H2,1H3/t7-/m1/s1. The van der Waals surface area contributed by atoms with Crippen LogP contribution in [0, 0.1) is 11.3 Å². The summed E-state index contributed by atoms with van der Waals surface area (Å²) in [5, 5.41) is 17.4. The van der Waals surface area contributed by atoms with E-state index in [4.69, 9.17) is 10.4 Å². The largest absolute Gasteiger partial charge is 0.396 e. The molecular weight excluding hydrogens is 152 g/mol. The van der Waals surface area contributed by atoms with Crippen LogP contribution in [-0.4, -0.2) is 16.7 Å². The van der Waals surface area contributed by atoms with Crippen LogP contribution < -0.4 is 0 Å². The molecule has 0 fully saturated rings. The zero-order chi connectivity index (χ0) is 8.97. The summed E-state index contributed by atoms with van der Waals surface area (Å²) in [6, 6.07) is 7.18. The third-order valence-electron chi connectivity index (χ3n) is 1.66. The van der Waals surface area contributed by atoms with Crippen molar-refractivity contribution in [1.29, 1.82) is 5.26 Å². The van der Waals surface area contributed by atoms with Gasteiger partial charge in [0, 0.05) is 11.6 Å². The van der Waals surface area contributed by atoms with E-state index in [1.807, 2.05) is 19.1 Å². The van der Waals surface area contributed by atoms with Crippen LogP contribution in [0.25, 0.3) is 0 Å². The second-order valence-corrected chi connectivity index (χ2v) is 2.64. The van der Waals surface area contributed by atoms with Crippen LogP contribution in [0.3, 0.4) is 0 Å². The molecule has 1 aromatic rings. The minimum Gasteiger partial charge on any atom is -0.396 e. The zero-order valence-electron chi connectivity index (χ0n) is 6.86. The van der Waals surface area contributed by atoms with E-state index in [0.29, 0.717) is 5.69 Å². The summed E-state index contributed by atoms with van der Waals surface area (Å²) in [6.45, 7) is 1.92. The second kappa shape index (κ2) is 3.84. The number of hydrogen-bond acceptors (Lipinski definition) is 3. The maximum Gasteiger partial charge on any atom is 0.140 e. The van der Waals surface area contributed by atoms with E-state index in [2.05, 4.69) is 4.98 Å². The monoisotopic (exact) mass is 162 g/mol. The van der Waals surface area contributed by atoms with E-state index in [0.717, 1.165) is 5.69 Å². The van der Waals surface area contributed by atoms with Gasteiger partial charge in [0.05, 0.1) is 6.61 Å². The van der Waals surface area contributed by atoms with Crippen LogP contribution in [0.4, 0.5) is 0 Å². The molecule has 0 saturated carbocycles. The molecule has 0 aliphatic heterocycles. The lowest BCUT2D eigenvalue weighted by Crippen LogP contribution is -2.02. The number of hydrogen-bond donors (Lipinski definition) is 1. The molecule has 62 valence electrons. The zero-order valence-corrected chi connectivity index (χ0v) is 6.86. The minimum atomic E-state index is -0.00157. The number of nitriles is 1. The molecule has 3 nitrogen and oxygen atoms in total. The number of pyridine rings is 1. The Morgan fingerprint density at radius 2 is 2.42 bits per heavy atom. The van der Waals surface area contributed by atoms with Gasteiger partial charge in [-0.1, -0.05) is 13.0 Å². The molecule has 0 bridgehead atoms. The smallest absolute Gasteiger partial charge is 0.140 e. The molecule has 0 saturated heterocycles. The molecule has 0 aliphatic carbocycles. The molecule has 1 rings (SSSR count). The second-order valence-electron chi connectivity index (χ2n) is 2.64. The van der Waals surface area contributed by atoms with Gasteiger partial charge in [0.2, 0.25) is 0 Å². The third kappa shape index (κ3) is 1.80. The number of aromatic nitrogens is 1. The molecule has 3 heteroatoms. The van der Waals surface area contributed by atoms with Crippen LogP contribution in [0.5, 0.6) is 0 Å². The Labute approximate surface area is 71.3 Å². The quantitative estimate of drug-likeness (QED) is 0.707. The van der Waals surface area contributed by atoms with E-state index in [1.54, 1.807) is 12.1 Å². The summed E-state index contributed by atoms with van der Waals surface area (Å²) in [5.41, 5.74) is 1.16. The summed E-state index contributed by atoms with van der Waals surface area (Å²) < 4.78 is 0. The van der Waals surface area contributed by atoms with E-state index in [-0.39, 0.29) is 12.5 Å². The van der Waals surface area contributed by atoms with Crippen molar-refractivity contribution in [3.05, 3.63) is 29.6 Å². The van der Waals surface area contributed by atoms with Gasteiger partial charge in [-0.2, -0.15) is 5.26 Å². The molecular formula is C9H10N2O.